The van der Waals surface area contributed by atoms with E-state index in [0.717, 1.165) is 32.0 Å². The van der Waals surface area contributed by atoms with Crippen molar-refractivity contribution in [2.75, 3.05) is 33.3 Å². The Bertz CT molecular complexity index is 499. The number of carbonyl (C=O) groups is 1. The lowest BCUT2D eigenvalue weighted by Crippen LogP contribution is -2.35. The Kier molecular flexibility index (Phi) is 6.19. The van der Waals surface area contributed by atoms with Crippen molar-refractivity contribution >= 4 is 5.91 Å². The summed E-state index contributed by atoms with van der Waals surface area (Å²) in [6, 6.07) is 4.25. The van der Waals surface area contributed by atoms with Gasteiger partial charge < -0.3 is 15.0 Å². The highest BCUT2D eigenvalue weighted by Gasteiger charge is 2.15. The Morgan fingerprint density at radius 2 is 2.14 bits per heavy atom. The predicted molar refractivity (Wildman–Crippen MR) is 84.7 cm³/mol. The minimum absolute atomic E-state index is 0.149. The number of ether oxygens (including phenoxy) is 1. The van der Waals surface area contributed by atoms with Gasteiger partial charge in [0.15, 0.2) is 11.6 Å². The second-order valence-electron chi connectivity index (χ2n) is 5.98. The van der Waals surface area contributed by atoms with Crippen LogP contribution in [0.3, 0.4) is 0 Å². The summed E-state index contributed by atoms with van der Waals surface area (Å²) in [5.41, 5.74) is 0.324. The average molecular weight is 308 g/mol. The number of piperidine rings is 1. The van der Waals surface area contributed by atoms with Crippen molar-refractivity contribution in [1.82, 2.24) is 10.2 Å². The number of rotatable bonds is 6. The number of nitrogens with one attached hydrogen (secondary N) is 1. The van der Waals surface area contributed by atoms with Crippen molar-refractivity contribution in [3.05, 3.63) is 29.6 Å². The highest BCUT2D eigenvalue weighted by atomic mass is 19.1. The summed E-state index contributed by atoms with van der Waals surface area (Å²) in [6.07, 6.45) is 3.44. The molecule has 5 heteroatoms. The van der Waals surface area contributed by atoms with Gasteiger partial charge in [0.1, 0.15) is 0 Å². The number of likely N-dealkylation sites (tertiary alicyclic amines) is 1. The molecule has 0 aromatic heterocycles. The number of halogens is 1. The van der Waals surface area contributed by atoms with Gasteiger partial charge in [0, 0.05) is 12.1 Å². The molecule has 0 saturated carbocycles. The Hall–Kier alpha value is -1.62. The summed E-state index contributed by atoms with van der Waals surface area (Å²) in [4.78, 5) is 14.4. The van der Waals surface area contributed by atoms with Crippen molar-refractivity contribution in [3.8, 4) is 5.75 Å². The van der Waals surface area contributed by atoms with Crippen LogP contribution in [0.25, 0.3) is 0 Å². The average Bonchev–Trinajstić information content (AvgIpc) is 2.53. The second-order valence-corrected chi connectivity index (χ2v) is 5.98. The molecule has 0 aliphatic carbocycles. The molecule has 1 amide bonds. The van der Waals surface area contributed by atoms with Gasteiger partial charge in [0.05, 0.1) is 7.11 Å². The first-order chi connectivity index (χ1) is 10.6. The van der Waals surface area contributed by atoms with Crippen LogP contribution < -0.4 is 10.1 Å². The second kappa shape index (κ2) is 8.13. The van der Waals surface area contributed by atoms with Gasteiger partial charge in [-0.25, -0.2) is 4.39 Å². The van der Waals surface area contributed by atoms with E-state index in [4.69, 9.17) is 4.74 Å². The predicted octanol–water partition coefficient (Wildman–Crippen LogP) is 2.69. The molecule has 2 rings (SSSR count). The molecule has 122 valence electrons. The van der Waals surface area contributed by atoms with E-state index in [1.807, 2.05) is 0 Å². The lowest BCUT2D eigenvalue weighted by atomic mass is 9.99. The molecule has 22 heavy (non-hydrogen) atoms. The Labute approximate surface area is 131 Å². The van der Waals surface area contributed by atoms with Gasteiger partial charge in [-0.3, -0.25) is 4.79 Å². The monoisotopic (exact) mass is 308 g/mol. The zero-order valence-electron chi connectivity index (χ0n) is 13.4. The zero-order valence-corrected chi connectivity index (χ0v) is 13.4. The summed E-state index contributed by atoms with van der Waals surface area (Å²) in [5, 5.41) is 2.84. The van der Waals surface area contributed by atoms with E-state index in [1.54, 1.807) is 6.07 Å². The summed E-state index contributed by atoms with van der Waals surface area (Å²) in [7, 11) is 1.40. The fourth-order valence-corrected chi connectivity index (χ4v) is 2.70. The smallest absolute Gasteiger partial charge is 0.251 e. The fraction of sp³-hybridized carbons (Fsp3) is 0.588. The van der Waals surface area contributed by atoms with E-state index < -0.39 is 5.82 Å². The maximum absolute atomic E-state index is 13.6. The van der Waals surface area contributed by atoms with Gasteiger partial charge in [-0.2, -0.15) is 0 Å². The maximum atomic E-state index is 13.6. The van der Waals surface area contributed by atoms with Gasteiger partial charge in [-0.1, -0.05) is 6.92 Å². The molecule has 4 nitrogen and oxygen atoms in total. The molecule has 0 spiro atoms. The SMILES string of the molecule is COc1ccc(C(=O)NCCCN2CCC(C)CC2)cc1F. The highest BCUT2D eigenvalue weighted by Crippen LogP contribution is 2.18. The van der Waals surface area contributed by atoms with Gasteiger partial charge in [-0.15, -0.1) is 0 Å². The third-order valence-electron chi connectivity index (χ3n) is 4.23. The van der Waals surface area contributed by atoms with Crippen LogP contribution >= 0.6 is 0 Å². The van der Waals surface area contributed by atoms with Crippen LogP contribution in [0.5, 0.6) is 5.75 Å². The molecular weight excluding hydrogens is 283 g/mol. The minimum Gasteiger partial charge on any atom is -0.494 e. The molecular formula is C17H25FN2O2. The summed E-state index contributed by atoms with van der Waals surface area (Å²) >= 11 is 0. The van der Waals surface area contributed by atoms with E-state index in [9.17, 15) is 9.18 Å². The van der Waals surface area contributed by atoms with Crippen LogP contribution in [-0.4, -0.2) is 44.1 Å². The molecule has 1 fully saturated rings. The molecule has 0 unspecified atom stereocenters. The van der Waals surface area contributed by atoms with E-state index in [0.29, 0.717) is 12.1 Å². The number of nitrogens with zero attached hydrogens (tertiary/aromatic N) is 1. The van der Waals surface area contributed by atoms with Crippen LogP contribution in [0.2, 0.25) is 0 Å². The van der Waals surface area contributed by atoms with E-state index in [2.05, 4.69) is 17.1 Å². The third-order valence-corrected chi connectivity index (χ3v) is 4.23. The summed E-state index contributed by atoms with van der Waals surface area (Å²) in [6.45, 7) is 6.21. The van der Waals surface area contributed by atoms with Gasteiger partial charge in [0.2, 0.25) is 0 Å². The number of hydrogen-bond donors (Lipinski definition) is 1. The molecule has 1 saturated heterocycles. The Balaban J connectivity index is 1.70. The molecule has 1 N–H and O–H groups in total. The molecule has 1 aliphatic rings. The number of methoxy groups -OCH3 is 1. The minimum atomic E-state index is -0.516. The molecule has 0 radical (unpaired) electrons. The van der Waals surface area contributed by atoms with Crippen molar-refractivity contribution in [2.45, 2.75) is 26.2 Å². The molecule has 1 aromatic carbocycles. The first kappa shape index (κ1) is 16.7. The Morgan fingerprint density at radius 3 is 2.77 bits per heavy atom. The van der Waals surface area contributed by atoms with Gasteiger partial charge >= 0.3 is 0 Å². The number of amides is 1. The van der Waals surface area contributed by atoms with Crippen molar-refractivity contribution in [1.29, 1.82) is 0 Å². The topological polar surface area (TPSA) is 41.6 Å². The van der Waals surface area contributed by atoms with Crippen molar-refractivity contribution in [2.24, 2.45) is 5.92 Å². The van der Waals surface area contributed by atoms with Crippen molar-refractivity contribution in [3.63, 3.8) is 0 Å². The third kappa shape index (κ3) is 4.70. The molecule has 1 heterocycles. The van der Waals surface area contributed by atoms with E-state index >= 15 is 0 Å². The van der Waals surface area contributed by atoms with Gasteiger partial charge in [-0.05, 0) is 63.0 Å². The van der Waals surface area contributed by atoms with Crippen LogP contribution in [0.4, 0.5) is 4.39 Å². The number of benzene rings is 1. The first-order valence-corrected chi connectivity index (χ1v) is 7.94. The van der Waals surface area contributed by atoms with Crippen LogP contribution in [0, 0.1) is 11.7 Å². The lowest BCUT2D eigenvalue weighted by molar-refractivity contribution is 0.0950. The van der Waals surface area contributed by atoms with E-state index in [1.165, 1.54) is 32.1 Å². The molecule has 0 bridgehead atoms. The van der Waals surface area contributed by atoms with Crippen LogP contribution in [0.1, 0.15) is 36.5 Å². The number of hydrogen-bond acceptors (Lipinski definition) is 3. The summed E-state index contributed by atoms with van der Waals surface area (Å²) in [5.74, 6) is 0.225. The highest BCUT2D eigenvalue weighted by molar-refractivity contribution is 5.94. The quantitative estimate of drug-likeness (QED) is 0.822. The molecule has 1 aromatic rings. The maximum Gasteiger partial charge on any atom is 0.251 e. The van der Waals surface area contributed by atoms with Gasteiger partial charge in [0.25, 0.3) is 5.91 Å². The fourth-order valence-electron chi connectivity index (χ4n) is 2.70. The largest absolute Gasteiger partial charge is 0.494 e. The van der Waals surface area contributed by atoms with Crippen LogP contribution in [0.15, 0.2) is 18.2 Å². The lowest BCUT2D eigenvalue weighted by Gasteiger charge is -2.30. The number of carbonyl (C=O) groups excluding carboxylic acids is 1. The normalized spacial score (nSPS) is 16.5. The standard InChI is InChI=1S/C17H25FN2O2/c1-13-6-10-20(11-7-13)9-3-8-19-17(21)14-4-5-16(22-2)15(18)12-14/h4-5,12-13H,3,6-11H2,1-2H3,(H,19,21). The van der Waals surface area contributed by atoms with E-state index in [-0.39, 0.29) is 11.7 Å². The summed E-state index contributed by atoms with van der Waals surface area (Å²) < 4.78 is 18.4. The molecule has 0 atom stereocenters. The zero-order chi connectivity index (χ0) is 15.9. The Morgan fingerprint density at radius 1 is 1.41 bits per heavy atom. The molecule has 1 aliphatic heterocycles. The van der Waals surface area contributed by atoms with Crippen LogP contribution in [-0.2, 0) is 0 Å². The first-order valence-electron chi connectivity index (χ1n) is 7.94. The van der Waals surface area contributed by atoms with Crippen molar-refractivity contribution < 1.29 is 13.9 Å².